The van der Waals surface area contributed by atoms with Crippen molar-refractivity contribution in [2.45, 2.75) is 0 Å². The van der Waals surface area contributed by atoms with Gasteiger partial charge in [0.25, 0.3) is 0 Å². The summed E-state index contributed by atoms with van der Waals surface area (Å²) < 4.78 is 1.86. The van der Waals surface area contributed by atoms with Crippen molar-refractivity contribution in [1.82, 2.24) is 4.31 Å². The van der Waals surface area contributed by atoms with Gasteiger partial charge in [-0.15, -0.1) is 0 Å². The first-order chi connectivity index (χ1) is 2.27. The molecule has 0 radical (unpaired) electrons. The van der Waals surface area contributed by atoms with Crippen molar-refractivity contribution in [3.05, 3.63) is 0 Å². The molecule has 0 spiro atoms. The van der Waals surface area contributed by atoms with E-state index in [0.717, 1.165) is 0 Å². The van der Waals surface area contributed by atoms with Crippen molar-refractivity contribution >= 4 is 22.6 Å². The first-order valence-electron chi connectivity index (χ1n) is 1.24. The van der Waals surface area contributed by atoms with E-state index in [4.69, 9.17) is 0 Å². The molecule has 0 saturated carbocycles. The summed E-state index contributed by atoms with van der Waals surface area (Å²) in [5.41, 5.74) is 0. The minimum atomic E-state index is 0. The molecule has 0 saturated heterocycles. The molecule has 0 aliphatic carbocycles. The zero-order valence-corrected chi connectivity index (χ0v) is 7.90. The fraction of sp³-hybridized carbons (Fsp3) is 1.00. The SMILES string of the molecule is CN(C)S[S-].[Na+]. The molecule has 0 amide bonds. The van der Waals surface area contributed by atoms with E-state index in [0.29, 0.717) is 0 Å². The molecular weight excluding hydrogens is 125 g/mol. The van der Waals surface area contributed by atoms with Crippen molar-refractivity contribution < 1.29 is 29.6 Å². The van der Waals surface area contributed by atoms with Gasteiger partial charge in [0.05, 0.1) is 0 Å². The Hall–Kier alpha value is 1.66. The van der Waals surface area contributed by atoms with E-state index in [-0.39, 0.29) is 29.6 Å². The Balaban J connectivity index is 0. The summed E-state index contributed by atoms with van der Waals surface area (Å²) in [6, 6.07) is 0. The Kier molecular flexibility index (Phi) is 11.8. The van der Waals surface area contributed by atoms with E-state index in [1.54, 1.807) is 0 Å². The van der Waals surface area contributed by atoms with Crippen LogP contribution in [-0.2, 0) is 11.7 Å². The minimum absolute atomic E-state index is 0. The van der Waals surface area contributed by atoms with Crippen molar-refractivity contribution in [3.8, 4) is 0 Å². The van der Waals surface area contributed by atoms with Gasteiger partial charge in [-0.3, -0.25) is 15.3 Å². The number of hydrogen-bond acceptors (Lipinski definition) is 3. The van der Waals surface area contributed by atoms with Crippen LogP contribution in [0, 0.1) is 0 Å². The van der Waals surface area contributed by atoms with Crippen LogP contribution in [0.3, 0.4) is 0 Å². The summed E-state index contributed by atoms with van der Waals surface area (Å²) in [5.74, 6) is 0. The van der Waals surface area contributed by atoms with Crippen LogP contribution in [0.2, 0.25) is 0 Å². The molecule has 0 aromatic heterocycles. The Labute approximate surface area is 70.1 Å². The molecule has 0 unspecified atom stereocenters. The molecule has 0 aromatic carbocycles. The second-order valence-electron chi connectivity index (χ2n) is 0.887. The van der Waals surface area contributed by atoms with Crippen LogP contribution in [0.5, 0.6) is 0 Å². The molecule has 0 aromatic rings. The van der Waals surface area contributed by atoms with E-state index in [9.17, 15) is 0 Å². The summed E-state index contributed by atoms with van der Waals surface area (Å²) in [4.78, 5) is 0. The minimum Gasteiger partial charge on any atom is -0.702 e. The molecule has 0 N–H and O–H groups in total. The molecule has 0 aliphatic heterocycles. The smallest absolute Gasteiger partial charge is 0.702 e. The normalized spacial score (nSPS) is 8.00. The van der Waals surface area contributed by atoms with Gasteiger partial charge in [0.2, 0.25) is 0 Å². The maximum absolute atomic E-state index is 4.52. The van der Waals surface area contributed by atoms with E-state index < -0.39 is 0 Å². The van der Waals surface area contributed by atoms with Crippen LogP contribution in [0.25, 0.3) is 0 Å². The summed E-state index contributed by atoms with van der Waals surface area (Å²) in [6.07, 6.45) is 0. The average molecular weight is 131 g/mol. The van der Waals surface area contributed by atoms with E-state index >= 15 is 0 Å². The van der Waals surface area contributed by atoms with Crippen molar-refractivity contribution in [3.63, 3.8) is 0 Å². The number of nitrogens with zero attached hydrogens (tertiary/aromatic N) is 1. The molecule has 6 heavy (non-hydrogen) atoms. The standard InChI is InChI=1S/C2H7NS2.Na/c1-3(2)5-4;/h4H,1-2H3;/q;+1/p-1. The average Bonchev–Trinajstić information content (AvgIpc) is 1.38. The van der Waals surface area contributed by atoms with Gasteiger partial charge in [-0.25, -0.2) is 0 Å². The van der Waals surface area contributed by atoms with E-state index in [1.807, 2.05) is 18.4 Å². The second kappa shape index (κ2) is 6.66. The van der Waals surface area contributed by atoms with Gasteiger partial charge in [0, 0.05) is 0 Å². The molecule has 1 nitrogen and oxygen atoms in total. The van der Waals surface area contributed by atoms with Crippen LogP contribution in [0.1, 0.15) is 0 Å². The van der Waals surface area contributed by atoms with Gasteiger partial charge in [0.15, 0.2) is 0 Å². The largest absolute Gasteiger partial charge is 1.00 e. The molecule has 0 bridgehead atoms. The van der Waals surface area contributed by atoms with Crippen LogP contribution in [0.15, 0.2) is 0 Å². The fourth-order valence-electron chi connectivity index (χ4n) is 0. The predicted octanol–water partition coefficient (Wildman–Crippen LogP) is -2.34. The van der Waals surface area contributed by atoms with Gasteiger partial charge >= 0.3 is 29.6 Å². The van der Waals surface area contributed by atoms with Crippen LogP contribution in [0.4, 0.5) is 0 Å². The quantitative estimate of drug-likeness (QED) is 0.170. The Morgan fingerprint density at radius 2 is 1.67 bits per heavy atom. The Morgan fingerprint density at radius 3 is 1.67 bits per heavy atom. The van der Waals surface area contributed by atoms with Crippen molar-refractivity contribution in [1.29, 1.82) is 0 Å². The number of rotatable bonds is 1. The first-order valence-corrected chi connectivity index (χ1v) is 2.94. The van der Waals surface area contributed by atoms with Gasteiger partial charge < -0.3 is 11.7 Å². The third-order valence-electron chi connectivity index (χ3n) is 0.149. The third-order valence-corrected chi connectivity index (χ3v) is 1.34. The molecule has 0 rings (SSSR count). The van der Waals surface area contributed by atoms with Crippen LogP contribution in [-0.4, -0.2) is 18.4 Å². The summed E-state index contributed by atoms with van der Waals surface area (Å²) >= 11 is 4.52. The molecule has 0 fully saturated rings. The molecule has 0 aliphatic rings. The first kappa shape index (κ1) is 10.6. The van der Waals surface area contributed by atoms with E-state index in [2.05, 4.69) is 11.7 Å². The number of hydrogen-bond donors (Lipinski definition) is 0. The monoisotopic (exact) mass is 131 g/mol. The molecule has 4 heteroatoms. The van der Waals surface area contributed by atoms with Gasteiger partial charge in [-0.2, -0.15) is 0 Å². The zero-order valence-electron chi connectivity index (χ0n) is 4.26. The molecule has 0 heterocycles. The van der Waals surface area contributed by atoms with E-state index in [1.165, 1.54) is 11.0 Å². The molecule has 0 atom stereocenters. The molecule has 32 valence electrons. The summed E-state index contributed by atoms with van der Waals surface area (Å²) in [6.45, 7) is 0. The topological polar surface area (TPSA) is 3.24 Å². The summed E-state index contributed by atoms with van der Waals surface area (Å²) in [7, 11) is 5.12. The Morgan fingerprint density at radius 1 is 1.50 bits per heavy atom. The van der Waals surface area contributed by atoms with Crippen LogP contribution < -0.4 is 29.6 Å². The zero-order chi connectivity index (χ0) is 4.28. The molecular formula is C2H6NNaS2. The van der Waals surface area contributed by atoms with Crippen molar-refractivity contribution in [2.75, 3.05) is 14.1 Å². The predicted molar refractivity (Wildman–Crippen MR) is 28.6 cm³/mol. The van der Waals surface area contributed by atoms with Gasteiger partial charge in [0.1, 0.15) is 0 Å². The summed E-state index contributed by atoms with van der Waals surface area (Å²) in [5, 5.41) is 0. The van der Waals surface area contributed by atoms with Gasteiger partial charge in [-0.05, 0) is 14.1 Å². The maximum atomic E-state index is 4.52. The fourth-order valence-corrected chi connectivity index (χ4v) is 0. The van der Waals surface area contributed by atoms with Crippen molar-refractivity contribution in [2.24, 2.45) is 0 Å². The van der Waals surface area contributed by atoms with Crippen LogP contribution >= 0.6 is 11.0 Å². The third kappa shape index (κ3) is 9.18. The van der Waals surface area contributed by atoms with Gasteiger partial charge in [-0.1, -0.05) is 0 Å². The Bertz CT molecular complexity index is 25.5. The maximum Gasteiger partial charge on any atom is 1.00 e. The second-order valence-corrected chi connectivity index (χ2v) is 2.21.